The minimum absolute atomic E-state index is 0.159. The fraction of sp³-hybridized carbons (Fsp3) is 0.0833. The van der Waals surface area contributed by atoms with Crippen LogP contribution in [0.4, 0.5) is 0 Å². The Balaban J connectivity index is 1.50. The zero-order valence-electron chi connectivity index (χ0n) is 16.1. The minimum atomic E-state index is -0.159. The number of hydrazone groups is 1. The van der Waals surface area contributed by atoms with Crippen LogP contribution < -0.4 is 5.43 Å². The number of carbonyl (C=O) groups is 1. The highest BCUT2D eigenvalue weighted by Gasteiger charge is 2.09. The first-order valence-corrected chi connectivity index (χ1v) is 10.6. The monoisotopic (exact) mass is 479 g/mol. The van der Waals surface area contributed by atoms with Gasteiger partial charge in [-0.1, -0.05) is 76.1 Å². The first-order valence-electron chi connectivity index (χ1n) is 9.48. The SMILES string of the molecule is O=C(Cc1ccc(Br)cc1)N/N=C/c1cn(Cc2ccccc2Cl)c2ccccc12. The Morgan fingerprint density at radius 3 is 2.57 bits per heavy atom. The van der Waals surface area contributed by atoms with E-state index >= 15 is 0 Å². The van der Waals surface area contributed by atoms with Crippen LogP contribution >= 0.6 is 27.5 Å². The van der Waals surface area contributed by atoms with E-state index in [1.807, 2.05) is 72.9 Å². The van der Waals surface area contributed by atoms with E-state index in [0.29, 0.717) is 6.54 Å². The summed E-state index contributed by atoms with van der Waals surface area (Å²) in [6, 6.07) is 23.6. The fourth-order valence-corrected chi connectivity index (χ4v) is 3.78. The van der Waals surface area contributed by atoms with E-state index in [4.69, 9.17) is 11.6 Å². The molecule has 0 saturated heterocycles. The lowest BCUT2D eigenvalue weighted by atomic mass is 10.1. The minimum Gasteiger partial charge on any atom is -0.342 e. The molecule has 1 amide bonds. The standard InChI is InChI=1S/C24H19BrClN3O/c25-20-11-9-17(10-12-20)13-24(30)28-27-14-19-16-29(23-8-4-2-6-21(19)23)15-18-5-1-3-7-22(18)26/h1-12,14,16H,13,15H2,(H,28,30)/b27-14+. The maximum atomic E-state index is 12.2. The molecule has 4 aromatic rings. The van der Waals surface area contributed by atoms with Crippen molar-refractivity contribution >= 4 is 50.6 Å². The van der Waals surface area contributed by atoms with Crippen LogP contribution in [-0.2, 0) is 17.8 Å². The number of amides is 1. The Bertz CT molecular complexity index is 1210. The summed E-state index contributed by atoms with van der Waals surface area (Å²) in [5.74, 6) is -0.159. The molecule has 0 spiro atoms. The molecule has 1 aromatic heterocycles. The predicted molar refractivity (Wildman–Crippen MR) is 126 cm³/mol. The summed E-state index contributed by atoms with van der Waals surface area (Å²) in [6.07, 6.45) is 3.99. The van der Waals surface area contributed by atoms with Crippen molar-refractivity contribution in [3.63, 3.8) is 0 Å². The van der Waals surface area contributed by atoms with Gasteiger partial charge in [0.2, 0.25) is 5.91 Å². The molecular weight excluding hydrogens is 462 g/mol. The summed E-state index contributed by atoms with van der Waals surface area (Å²) >= 11 is 9.73. The fourth-order valence-electron chi connectivity index (χ4n) is 3.32. The first kappa shape index (κ1) is 20.4. The van der Waals surface area contributed by atoms with Gasteiger partial charge in [0.15, 0.2) is 0 Å². The van der Waals surface area contributed by atoms with Crippen LogP contribution in [0.1, 0.15) is 16.7 Å². The Morgan fingerprint density at radius 2 is 1.77 bits per heavy atom. The lowest BCUT2D eigenvalue weighted by molar-refractivity contribution is -0.120. The van der Waals surface area contributed by atoms with Crippen LogP contribution in [0.5, 0.6) is 0 Å². The number of halogens is 2. The summed E-state index contributed by atoms with van der Waals surface area (Å²) in [5.41, 5.74) is 6.61. The number of hydrogen-bond donors (Lipinski definition) is 1. The van der Waals surface area contributed by atoms with Crippen LogP contribution in [0.25, 0.3) is 10.9 Å². The normalized spacial score (nSPS) is 11.3. The average Bonchev–Trinajstić information content (AvgIpc) is 3.09. The molecule has 0 atom stereocenters. The topological polar surface area (TPSA) is 46.4 Å². The van der Waals surface area contributed by atoms with Gasteiger partial charge in [0.05, 0.1) is 12.6 Å². The molecule has 0 aliphatic rings. The third-order valence-electron chi connectivity index (χ3n) is 4.79. The molecule has 150 valence electrons. The third kappa shape index (κ3) is 4.81. The van der Waals surface area contributed by atoms with Crippen LogP contribution in [0.2, 0.25) is 5.02 Å². The van der Waals surface area contributed by atoms with Gasteiger partial charge in [0.25, 0.3) is 0 Å². The molecule has 0 aliphatic carbocycles. The van der Waals surface area contributed by atoms with Crippen molar-refractivity contribution < 1.29 is 4.79 Å². The summed E-state index contributed by atoms with van der Waals surface area (Å²) < 4.78 is 3.12. The molecule has 1 heterocycles. The summed E-state index contributed by atoms with van der Waals surface area (Å²) in [4.78, 5) is 12.2. The number of para-hydroxylation sites is 1. The molecule has 3 aromatic carbocycles. The highest BCUT2D eigenvalue weighted by Crippen LogP contribution is 2.23. The van der Waals surface area contributed by atoms with Crippen molar-refractivity contribution in [2.45, 2.75) is 13.0 Å². The number of aromatic nitrogens is 1. The average molecular weight is 481 g/mol. The Kier molecular flexibility index (Phi) is 6.31. The predicted octanol–water partition coefficient (Wildman–Crippen LogP) is 5.80. The summed E-state index contributed by atoms with van der Waals surface area (Å²) in [6.45, 7) is 0.657. The summed E-state index contributed by atoms with van der Waals surface area (Å²) in [5, 5.41) is 5.98. The van der Waals surface area contributed by atoms with E-state index in [0.717, 1.165) is 37.1 Å². The molecular formula is C24H19BrClN3O. The van der Waals surface area contributed by atoms with Crippen LogP contribution in [0, 0.1) is 0 Å². The second-order valence-electron chi connectivity index (χ2n) is 6.92. The lowest BCUT2D eigenvalue weighted by Gasteiger charge is -2.07. The van der Waals surface area contributed by atoms with Crippen LogP contribution in [-0.4, -0.2) is 16.7 Å². The molecule has 0 unspecified atom stereocenters. The first-order chi connectivity index (χ1) is 14.6. The number of rotatable bonds is 6. The maximum absolute atomic E-state index is 12.2. The number of benzene rings is 3. The third-order valence-corrected chi connectivity index (χ3v) is 5.69. The quantitative estimate of drug-likeness (QED) is 0.275. The molecule has 4 nitrogen and oxygen atoms in total. The van der Waals surface area contributed by atoms with Gasteiger partial charge in [0, 0.05) is 38.7 Å². The van der Waals surface area contributed by atoms with Gasteiger partial charge in [-0.05, 0) is 35.4 Å². The van der Waals surface area contributed by atoms with Crippen molar-refractivity contribution in [3.8, 4) is 0 Å². The van der Waals surface area contributed by atoms with Crippen molar-refractivity contribution in [2.24, 2.45) is 5.10 Å². The second-order valence-corrected chi connectivity index (χ2v) is 8.24. The van der Waals surface area contributed by atoms with E-state index in [9.17, 15) is 4.79 Å². The smallest absolute Gasteiger partial charge is 0.244 e. The lowest BCUT2D eigenvalue weighted by Crippen LogP contribution is -2.19. The molecule has 0 aliphatic heterocycles. The molecule has 30 heavy (non-hydrogen) atoms. The largest absolute Gasteiger partial charge is 0.342 e. The summed E-state index contributed by atoms with van der Waals surface area (Å²) in [7, 11) is 0. The van der Waals surface area contributed by atoms with Gasteiger partial charge in [-0.15, -0.1) is 0 Å². The molecule has 1 N–H and O–H groups in total. The van der Waals surface area contributed by atoms with Crippen molar-refractivity contribution in [3.05, 3.63) is 105 Å². The Hall–Kier alpha value is -2.89. The number of nitrogens with one attached hydrogen (secondary N) is 1. The van der Waals surface area contributed by atoms with E-state index in [1.54, 1.807) is 6.21 Å². The number of hydrogen-bond acceptors (Lipinski definition) is 2. The molecule has 0 bridgehead atoms. The van der Waals surface area contributed by atoms with Gasteiger partial charge < -0.3 is 4.57 Å². The van der Waals surface area contributed by atoms with E-state index in [-0.39, 0.29) is 12.3 Å². The number of carbonyl (C=O) groups excluding carboxylic acids is 1. The maximum Gasteiger partial charge on any atom is 0.244 e. The molecule has 0 saturated carbocycles. The molecule has 6 heteroatoms. The van der Waals surface area contributed by atoms with Gasteiger partial charge in [-0.3, -0.25) is 4.79 Å². The van der Waals surface area contributed by atoms with Crippen LogP contribution in [0.3, 0.4) is 0 Å². The van der Waals surface area contributed by atoms with Crippen molar-refractivity contribution in [2.75, 3.05) is 0 Å². The molecule has 0 radical (unpaired) electrons. The Morgan fingerprint density at radius 1 is 1.03 bits per heavy atom. The van der Waals surface area contributed by atoms with Gasteiger partial charge in [-0.2, -0.15) is 5.10 Å². The van der Waals surface area contributed by atoms with Crippen molar-refractivity contribution in [1.29, 1.82) is 0 Å². The molecule has 0 fully saturated rings. The van der Waals surface area contributed by atoms with Crippen molar-refractivity contribution in [1.82, 2.24) is 9.99 Å². The number of nitrogens with zero attached hydrogens (tertiary/aromatic N) is 2. The van der Waals surface area contributed by atoms with E-state index in [2.05, 4.69) is 37.1 Å². The highest BCUT2D eigenvalue weighted by atomic mass is 79.9. The number of fused-ring (bicyclic) bond motifs is 1. The second kappa shape index (κ2) is 9.28. The van der Waals surface area contributed by atoms with Gasteiger partial charge in [-0.25, -0.2) is 5.43 Å². The highest BCUT2D eigenvalue weighted by molar-refractivity contribution is 9.10. The van der Waals surface area contributed by atoms with E-state index < -0.39 is 0 Å². The van der Waals surface area contributed by atoms with Gasteiger partial charge >= 0.3 is 0 Å². The van der Waals surface area contributed by atoms with Crippen LogP contribution in [0.15, 0.2) is 88.6 Å². The zero-order chi connectivity index (χ0) is 20.9. The van der Waals surface area contributed by atoms with E-state index in [1.165, 1.54) is 0 Å². The molecule has 4 rings (SSSR count). The van der Waals surface area contributed by atoms with Gasteiger partial charge in [0.1, 0.15) is 0 Å². The Labute approximate surface area is 188 Å². The zero-order valence-corrected chi connectivity index (χ0v) is 18.4.